The van der Waals surface area contributed by atoms with Crippen molar-refractivity contribution in [3.63, 3.8) is 0 Å². The van der Waals surface area contributed by atoms with Crippen molar-refractivity contribution in [3.8, 4) is 0 Å². The van der Waals surface area contributed by atoms with Crippen molar-refractivity contribution in [2.75, 3.05) is 13.7 Å². The van der Waals surface area contributed by atoms with E-state index in [1.165, 1.54) is 5.56 Å². The topological polar surface area (TPSA) is 29.5 Å². The van der Waals surface area contributed by atoms with Gasteiger partial charge in [-0.25, -0.2) is 0 Å². The molecule has 20 heavy (non-hydrogen) atoms. The average molecular weight is 335 g/mol. The van der Waals surface area contributed by atoms with Gasteiger partial charge in [0.2, 0.25) is 0 Å². The van der Waals surface area contributed by atoms with Crippen LogP contribution in [0.5, 0.6) is 0 Å². The van der Waals surface area contributed by atoms with Gasteiger partial charge in [0.05, 0.1) is 6.61 Å². The summed E-state index contributed by atoms with van der Waals surface area (Å²) in [7, 11) is 1.70. The van der Waals surface area contributed by atoms with Gasteiger partial charge in [-0.05, 0) is 41.7 Å². The first-order chi connectivity index (χ1) is 9.61. The number of halogens is 1. The SMILES string of the molecule is COCCc1ccc(C(O)c2ccc(Br)c(C)c2)cc1. The normalized spacial score (nSPS) is 12.4. The number of rotatable bonds is 5. The van der Waals surface area contributed by atoms with E-state index in [2.05, 4.69) is 15.9 Å². The van der Waals surface area contributed by atoms with E-state index in [-0.39, 0.29) is 0 Å². The zero-order valence-corrected chi connectivity index (χ0v) is 13.4. The Morgan fingerprint density at radius 1 is 1.10 bits per heavy atom. The van der Waals surface area contributed by atoms with E-state index in [0.717, 1.165) is 27.6 Å². The number of hydrogen-bond acceptors (Lipinski definition) is 2. The summed E-state index contributed by atoms with van der Waals surface area (Å²) in [6, 6.07) is 14.0. The molecule has 0 spiro atoms. The van der Waals surface area contributed by atoms with Crippen LogP contribution in [0.2, 0.25) is 0 Å². The molecule has 0 saturated heterocycles. The minimum atomic E-state index is -0.585. The standard InChI is InChI=1S/C17H19BrO2/c1-12-11-15(7-8-16(12)18)17(19)14-5-3-13(4-6-14)9-10-20-2/h3-8,11,17,19H,9-10H2,1-2H3. The second kappa shape index (κ2) is 7.02. The van der Waals surface area contributed by atoms with E-state index in [4.69, 9.17) is 4.74 Å². The number of ether oxygens (including phenoxy) is 1. The van der Waals surface area contributed by atoms with E-state index < -0.39 is 6.10 Å². The van der Waals surface area contributed by atoms with Crippen LogP contribution in [0.25, 0.3) is 0 Å². The molecule has 0 saturated carbocycles. The van der Waals surface area contributed by atoms with E-state index in [0.29, 0.717) is 6.61 Å². The molecule has 0 aromatic heterocycles. The van der Waals surface area contributed by atoms with Crippen LogP contribution in [-0.2, 0) is 11.2 Å². The Morgan fingerprint density at radius 3 is 2.35 bits per heavy atom. The van der Waals surface area contributed by atoms with Gasteiger partial charge in [0.1, 0.15) is 6.10 Å². The van der Waals surface area contributed by atoms with Gasteiger partial charge in [-0.3, -0.25) is 0 Å². The average Bonchev–Trinajstić information content (AvgIpc) is 2.48. The summed E-state index contributed by atoms with van der Waals surface area (Å²) in [4.78, 5) is 0. The number of methoxy groups -OCH3 is 1. The molecule has 1 unspecified atom stereocenters. The molecule has 106 valence electrons. The summed E-state index contributed by atoms with van der Waals surface area (Å²) in [5.74, 6) is 0. The Balaban J connectivity index is 2.15. The minimum absolute atomic E-state index is 0.585. The molecule has 0 radical (unpaired) electrons. The lowest BCUT2D eigenvalue weighted by molar-refractivity contribution is 0.202. The van der Waals surface area contributed by atoms with Gasteiger partial charge in [0.15, 0.2) is 0 Å². The Labute approximate surface area is 128 Å². The third kappa shape index (κ3) is 3.69. The second-order valence-electron chi connectivity index (χ2n) is 4.90. The number of aliphatic hydroxyl groups excluding tert-OH is 1. The molecule has 0 heterocycles. The quantitative estimate of drug-likeness (QED) is 0.894. The maximum Gasteiger partial charge on any atom is 0.104 e. The van der Waals surface area contributed by atoms with Crippen LogP contribution in [0.1, 0.15) is 28.4 Å². The van der Waals surface area contributed by atoms with Crippen molar-refractivity contribution in [3.05, 3.63) is 69.2 Å². The molecular formula is C17H19BrO2. The molecule has 0 aliphatic rings. The number of aryl methyl sites for hydroxylation is 1. The highest BCUT2D eigenvalue weighted by Gasteiger charge is 2.11. The molecule has 0 amide bonds. The summed E-state index contributed by atoms with van der Waals surface area (Å²) in [5.41, 5.74) is 4.16. The van der Waals surface area contributed by atoms with Gasteiger partial charge in [0.25, 0.3) is 0 Å². The molecule has 2 aromatic rings. The highest BCUT2D eigenvalue weighted by atomic mass is 79.9. The largest absolute Gasteiger partial charge is 0.384 e. The third-order valence-electron chi connectivity index (χ3n) is 3.39. The van der Waals surface area contributed by atoms with Crippen LogP contribution in [0.15, 0.2) is 46.9 Å². The fourth-order valence-electron chi connectivity index (χ4n) is 2.12. The van der Waals surface area contributed by atoms with Gasteiger partial charge < -0.3 is 9.84 Å². The van der Waals surface area contributed by atoms with Crippen LogP contribution in [-0.4, -0.2) is 18.8 Å². The maximum absolute atomic E-state index is 10.4. The molecular weight excluding hydrogens is 316 g/mol. The molecule has 2 nitrogen and oxygen atoms in total. The Bertz CT molecular complexity index is 564. The van der Waals surface area contributed by atoms with E-state index in [1.54, 1.807) is 7.11 Å². The summed E-state index contributed by atoms with van der Waals surface area (Å²) in [6.45, 7) is 2.74. The monoisotopic (exact) mass is 334 g/mol. The van der Waals surface area contributed by atoms with Gasteiger partial charge >= 0.3 is 0 Å². The zero-order chi connectivity index (χ0) is 14.5. The van der Waals surface area contributed by atoms with Crippen LogP contribution >= 0.6 is 15.9 Å². The van der Waals surface area contributed by atoms with Gasteiger partial charge in [-0.15, -0.1) is 0 Å². The Hall–Kier alpha value is -1.16. The van der Waals surface area contributed by atoms with E-state index >= 15 is 0 Å². The second-order valence-corrected chi connectivity index (χ2v) is 5.75. The highest BCUT2D eigenvalue weighted by Crippen LogP contribution is 2.26. The molecule has 3 heteroatoms. The Morgan fingerprint density at radius 2 is 1.75 bits per heavy atom. The van der Waals surface area contributed by atoms with Crippen molar-refractivity contribution in [1.82, 2.24) is 0 Å². The molecule has 1 N–H and O–H groups in total. The van der Waals surface area contributed by atoms with Crippen molar-refractivity contribution in [1.29, 1.82) is 0 Å². The molecule has 0 fully saturated rings. The van der Waals surface area contributed by atoms with Crippen molar-refractivity contribution in [2.24, 2.45) is 0 Å². The summed E-state index contributed by atoms with van der Waals surface area (Å²) in [5, 5.41) is 10.4. The van der Waals surface area contributed by atoms with Crippen molar-refractivity contribution >= 4 is 15.9 Å². The van der Waals surface area contributed by atoms with Gasteiger partial charge in [-0.1, -0.05) is 52.3 Å². The predicted octanol–water partition coefficient (Wildman–Crippen LogP) is 4.03. The van der Waals surface area contributed by atoms with Crippen molar-refractivity contribution in [2.45, 2.75) is 19.4 Å². The Kier molecular flexibility index (Phi) is 5.35. The van der Waals surface area contributed by atoms with Crippen LogP contribution < -0.4 is 0 Å². The van der Waals surface area contributed by atoms with Crippen LogP contribution in [0.3, 0.4) is 0 Å². The lowest BCUT2D eigenvalue weighted by Crippen LogP contribution is -2.01. The van der Waals surface area contributed by atoms with Gasteiger partial charge in [0, 0.05) is 11.6 Å². The fourth-order valence-corrected chi connectivity index (χ4v) is 2.36. The molecule has 0 aliphatic heterocycles. The number of benzene rings is 2. The first-order valence-electron chi connectivity index (χ1n) is 6.63. The fraction of sp³-hybridized carbons (Fsp3) is 0.294. The molecule has 1 atom stereocenters. The lowest BCUT2D eigenvalue weighted by Gasteiger charge is -2.13. The minimum Gasteiger partial charge on any atom is -0.384 e. The summed E-state index contributed by atoms with van der Waals surface area (Å²) < 4.78 is 6.12. The van der Waals surface area contributed by atoms with E-state index in [9.17, 15) is 5.11 Å². The first kappa shape index (κ1) is 15.2. The lowest BCUT2D eigenvalue weighted by atomic mass is 9.98. The number of hydrogen-bond donors (Lipinski definition) is 1. The van der Waals surface area contributed by atoms with Crippen LogP contribution in [0.4, 0.5) is 0 Å². The maximum atomic E-state index is 10.4. The molecule has 0 bridgehead atoms. The molecule has 2 aromatic carbocycles. The smallest absolute Gasteiger partial charge is 0.104 e. The number of aliphatic hydroxyl groups is 1. The van der Waals surface area contributed by atoms with Gasteiger partial charge in [-0.2, -0.15) is 0 Å². The molecule has 0 aliphatic carbocycles. The van der Waals surface area contributed by atoms with Crippen LogP contribution in [0, 0.1) is 6.92 Å². The highest BCUT2D eigenvalue weighted by molar-refractivity contribution is 9.10. The first-order valence-corrected chi connectivity index (χ1v) is 7.43. The van der Waals surface area contributed by atoms with Crippen molar-refractivity contribution < 1.29 is 9.84 Å². The summed E-state index contributed by atoms with van der Waals surface area (Å²) >= 11 is 3.47. The zero-order valence-electron chi connectivity index (χ0n) is 11.8. The third-order valence-corrected chi connectivity index (χ3v) is 4.28. The summed E-state index contributed by atoms with van der Waals surface area (Å²) in [6.07, 6.45) is 0.308. The molecule has 2 rings (SSSR count). The van der Waals surface area contributed by atoms with E-state index in [1.807, 2.05) is 49.4 Å². The predicted molar refractivity (Wildman–Crippen MR) is 85.0 cm³/mol.